The van der Waals surface area contributed by atoms with Crippen molar-refractivity contribution in [2.75, 3.05) is 38.7 Å². The number of non-ortho nitro benzene ring substituents is 1. The number of rotatable bonds is 7. The number of morpholine rings is 1. The number of benzene rings is 2. The lowest BCUT2D eigenvalue weighted by molar-refractivity contribution is -0.384. The van der Waals surface area contributed by atoms with E-state index in [1.807, 2.05) is 0 Å². The number of ether oxygens (including phenoxy) is 2. The standard InChI is InChI=1S/C20H21N3O7S/c1-29-19-8-7-17(31(27,28)22-10-12-30-13-11-22)14-18(19)21-20(24)9-4-15-2-5-16(6-3-15)23(25)26/h2-9,14H,10-13H2,1H3,(H,21,24). The SMILES string of the molecule is COc1ccc(S(=O)(=O)N2CCOCC2)cc1NC(=O)C=Cc1ccc([N+](=O)[O-])cc1. The number of carbonyl (C=O) groups excluding carboxylic acids is 1. The van der Waals surface area contributed by atoms with Gasteiger partial charge in [-0.3, -0.25) is 14.9 Å². The molecule has 0 bridgehead atoms. The van der Waals surface area contributed by atoms with Gasteiger partial charge < -0.3 is 14.8 Å². The molecule has 1 aliphatic heterocycles. The van der Waals surface area contributed by atoms with Crippen LogP contribution in [0.15, 0.2) is 53.4 Å². The Kier molecular flexibility index (Phi) is 7.00. The van der Waals surface area contributed by atoms with E-state index in [0.29, 0.717) is 24.5 Å². The molecule has 0 unspecified atom stereocenters. The van der Waals surface area contributed by atoms with Crippen molar-refractivity contribution >= 4 is 33.4 Å². The maximum Gasteiger partial charge on any atom is 0.269 e. The maximum absolute atomic E-state index is 12.9. The van der Waals surface area contributed by atoms with Gasteiger partial charge in [-0.15, -0.1) is 0 Å². The molecular formula is C20H21N3O7S. The van der Waals surface area contributed by atoms with Crippen molar-refractivity contribution in [2.24, 2.45) is 0 Å². The average Bonchev–Trinajstić information content (AvgIpc) is 2.78. The number of sulfonamides is 1. The molecule has 0 atom stereocenters. The summed E-state index contributed by atoms with van der Waals surface area (Å²) in [5.41, 5.74) is 0.746. The Hall–Kier alpha value is -3.28. The van der Waals surface area contributed by atoms with Crippen LogP contribution in [-0.4, -0.2) is 57.0 Å². The molecule has 0 aromatic heterocycles. The summed E-state index contributed by atoms with van der Waals surface area (Å²) in [6.45, 7) is 1.17. The number of hydrogen-bond acceptors (Lipinski definition) is 7. The first-order valence-corrected chi connectivity index (χ1v) is 10.7. The second-order valence-electron chi connectivity index (χ2n) is 6.55. The van der Waals surface area contributed by atoms with Crippen LogP contribution in [0.1, 0.15) is 5.56 Å². The largest absolute Gasteiger partial charge is 0.495 e. The number of methoxy groups -OCH3 is 1. The Bertz CT molecular complexity index is 1090. The van der Waals surface area contributed by atoms with Gasteiger partial charge in [-0.25, -0.2) is 8.42 Å². The van der Waals surface area contributed by atoms with E-state index < -0.39 is 20.9 Å². The van der Waals surface area contributed by atoms with Crippen LogP contribution >= 0.6 is 0 Å². The Morgan fingerprint density at radius 1 is 1.19 bits per heavy atom. The second-order valence-corrected chi connectivity index (χ2v) is 8.49. The van der Waals surface area contributed by atoms with Gasteiger partial charge in [0, 0.05) is 31.3 Å². The van der Waals surface area contributed by atoms with E-state index in [2.05, 4.69) is 5.32 Å². The Morgan fingerprint density at radius 3 is 2.48 bits per heavy atom. The fourth-order valence-corrected chi connectivity index (χ4v) is 4.37. The molecule has 0 aliphatic carbocycles. The van der Waals surface area contributed by atoms with Crippen molar-refractivity contribution in [1.29, 1.82) is 0 Å². The predicted octanol–water partition coefficient (Wildman–Crippen LogP) is 2.28. The fourth-order valence-electron chi connectivity index (χ4n) is 2.93. The monoisotopic (exact) mass is 447 g/mol. The zero-order valence-electron chi connectivity index (χ0n) is 16.7. The molecule has 10 nitrogen and oxygen atoms in total. The van der Waals surface area contributed by atoms with E-state index in [4.69, 9.17) is 9.47 Å². The number of carbonyl (C=O) groups is 1. The van der Waals surface area contributed by atoms with E-state index in [9.17, 15) is 23.3 Å². The summed E-state index contributed by atoms with van der Waals surface area (Å²) >= 11 is 0. The molecule has 0 saturated carbocycles. The van der Waals surface area contributed by atoms with E-state index in [1.54, 1.807) is 0 Å². The lowest BCUT2D eigenvalue weighted by Gasteiger charge is -2.26. The second kappa shape index (κ2) is 9.69. The highest BCUT2D eigenvalue weighted by molar-refractivity contribution is 7.89. The number of amides is 1. The predicted molar refractivity (Wildman–Crippen MR) is 113 cm³/mol. The number of nitro benzene ring substituents is 1. The Labute approximate surface area is 179 Å². The summed E-state index contributed by atoms with van der Waals surface area (Å²) in [4.78, 5) is 22.6. The summed E-state index contributed by atoms with van der Waals surface area (Å²) < 4.78 is 37.5. The van der Waals surface area contributed by atoms with Crippen molar-refractivity contribution in [1.82, 2.24) is 4.31 Å². The van der Waals surface area contributed by atoms with E-state index >= 15 is 0 Å². The molecule has 31 heavy (non-hydrogen) atoms. The van der Waals surface area contributed by atoms with Crippen LogP contribution in [0.25, 0.3) is 6.08 Å². The van der Waals surface area contributed by atoms with Gasteiger partial charge in [-0.2, -0.15) is 4.31 Å². The summed E-state index contributed by atoms with van der Waals surface area (Å²) in [6, 6.07) is 9.94. The molecular weight excluding hydrogens is 426 g/mol. The minimum absolute atomic E-state index is 0.0323. The third kappa shape index (κ3) is 5.45. The topological polar surface area (TPSA) is 128 Å². The van der Waals surface area contributed by atoms with Crippen LogP contribution in [0.2, 0.25) is 0 Å². The first-order valence-electron chi connectivity index (χ1n) is 9.31. The van der Waals surface area contributed by atoms with Gasteiger partial charge in [-0.1, -0.05) is 0 Å². The van der Waals surface area contributed by atoms with Crippen LogP contribution < -0.4 is 10.1 Å². The lowest BCUT2D eigenvalue weighted by Crippen LogP contribution is -2.40. The van der Waals surface area contributed by atoms with E-state index in [-0.39, 0.29) is 29.4 Å². The molecule has 1 fully saturated rings. The molecule has 3 rings (SSSR count). The zero-order chi connectivity index (χ0) is 22.4. The summed E-state index contributed by atoms with van der Waals surface area (Å²) in [7, 11) is -2.33. The van der Waals surface area contributed by atoms with Gasteiger partial charge in [0.1, 0.15) is 5.75 Å². The lowest BCUT2D eigenvalue weighted by atomic mass is 10.2. The number of anilines is 1. The highest BCUT2D eigenvalue weighted by Gasteiger charge is 2.27. The normalized spacial score (nSPS) is 15.0. The molecule has 0 radical (unpaired) electrons. The Balaban J connectivity index is 1.77. The third-order valence-corrected chi connectivity index (χ3v) is 6.46. The van der Waals surface area contributed by atoms with Crippen molar-refractivity contribution in [3.63, 3.8) is 0 Å². The van der Waals surface area contributed by atoms with Crippen molar-refractivity contribution in [3.05, 3.63) is 64.2 Å². The molecule has 0 spiro atoms. The first kappa shape index (κ1) is 22.4. The van der Waals surface area contributed by atoms with E-state index in [0.717, 1.165) is 0 Å². The van der Waals surface area contributed by atoms with Gasteiger partial charge >= 0.3 is 0 Å². The third-order valence-electron chi connectivity index (χ3n) is 4.57. The smallest absolute Gasteiger partial charge is 0.269 e. The number of nitrogens with zero attached hydrogens (tertiary/aromatic N) is 2. The van der Waals surface area contributed by atoms with Crippen molar-refractivity contribution in [2.45, 2.75) is 4.90 Å². The van der Waals surface area contributed by atoms with Crippen molar-refractivity contribution in [3.8, 4) is 5.75 Å². The van der Waals surface area contributed by atoms with E-state index in [1.165, 1.54) is 66.0 Å². The quantitative estimate of drug-likeness (QED) is 0.392. The van der Waals surface area contributed by atoms with Crippen LogP contribution in [0.4, 0.5) is 11.4 Å². The van der Waals surface area contributed by atoms with Gasteiger partial charge in [0.15, 0.2) is 0 Å². The van der Waals surface area contributed by atoms with Crippen LogP contribution in [0.5, 0.6) is 5.75 Å². The molecule has 1 aliphatic rings. The van der Waals surface area contributed by atoms with Crippen LogP contribution in [0, 0.1) is 10.1 Å². The molecule has 164 valence electrons. The fraction of sp³-hybridized carbons (Fsp3) is 0.250. The highest BCUT2D eigenvalue weighted by atomic mass is 32.2. The van der Waals surface area contributed by atoms with Gasteiger partial charge in [0.05, 0.1) is 35.8 Å². The minimum atomic E-state index is -3.74. The van der Waals surface area contributed by atoms with Crippen molar-refractivity contribution < 1.29 is 27.6 Å². The first-order chi connectivity index (χ1) is 14.8. The van der Waals surface area contributed by atoms with Gasteiger partial charge in [0.25, 0.3) is 5.69 Å². The molecule has 2 aromatic rings. The molecule has 2 aromatic carbocycles. The highest BCUT2D eigenvalue weighted by Crippen LogP contribution is 2.29. The number of nitrogens with one attached hydrogen (secondary N) is 1. The summed E-state index contributed by atoms with van der Waals surface area (Å²) in [5.74, 6) is -0.212. The van der Waals surface area contributed by atoms with Crippen LogP contribution in [-0.2, 0) is 19.6 Å². The Morgan fingerprint density at radius 2 is 1.87 bits per heavy atom. The average molecular weight is 447 g/mol. The number of hydrogen-bond donors (Lipinski definition) is 1. The van der Waals surface area contributed by atoms with Gasteiger partial charge in [0.2, 0.25) is 15.9 Å². The summed E-state index contributed by atoms with van der Waals surface area (Å²) in [6.07, 6.45) is 2.73. The molecule has 1 heterocycles. The van der Waals surface area contributed by atoms with Crippen LogP contribution in [0.3, 0.4) is 0 Å². The van der Waals surface area contributed by atoms with Gasteiger partial charge in [-0.05, 0) is 42.0 Å². The minimum Gasteiger partial charge on any atom is -0.495 e. The summed E-state index contributed by atoms with van der Waals surface area (Å²) in [5, 5.41) is 13.3. The molecule has 1 N–H and O–H groups in total. The zero-order valence-corrected chi connectivity index (χ0v) is 17.5. The molecule has 11 heteroatoms. The number of nitro groups is 1. The molecule has 1 saturated heterocycles. The molecule has 1 amide bonds. The maximum atomic E-state index is 12.9.